The summed E-state index contributed by atoms with van der Waals surface area (Å²) in [6.45, 7) is 1.40. The van der Waals surface area contributed by atoms with Gasteiger partial charge in [0.2, 0.25) is 0 Å². The minimum absolute atomic E-state index is 0.449. The fourth-order valence-corrected chi connectivity index (χ4v) is 1.61. The topological polar surface area (TPSA) is 75.4 Å². The molecule has 1 aromatic heterocycles. The Morgan fingerprint density at radius 1 is 1.44 bits per heavy atom. The van der Waals surface area contributed by atoms with Crippen LogP contribution in [0, 0.1) is 0 Å². The lowest BCUT2D eigenvalue weighted by Gasteiger charge is -2.32. The summed E-state index contributed by atoms with van der Waals surface area (Å²) < 4.78 is 0. The Hall–Kier alpha value is -1.95. The molecule has 2 heterocycles. The number of carbonyl (C=O) groups is 1. The standard InChI is InChI=1S/C10H13N5O/c11-10(16)15(9-8-12-4-5-13-9)14-6-2-1-3-7-14/h1-2,4-5,8H,3,6-7H2,(H2,11,16). The van der Waals surface area contributed by atoms with Crippen LogP contribution < -0.4 is 10.7 Å². The summed E-state index contributed by atoms with van der Waals surface area (Å²) >= 11 is 0. The monoisotopic (exact) mass is 219 g/mol. The number of carbonyl (C=O) groups excluding carboxylic acids is 1. The first-order chi connectivity index (χ1) is 7.79. The quantitative estimate of drug-likeness (QED) is 0.736. The predicted molar refractivity (Wildman–Crippen MR) is 59.4 cm³/mol. The normalized spacial score (nSPS) is 16.0. The second-order valence-electron chi connectivity index (χ2n) is 3.39. The molecule has 0 bridgehead atoms. The third kappa shape index (κ3) is 2.17. The number of anilines is 1. The number of rotatable bonds is 2. The molecule has 0 aliphatic carbocycles. The van der Waals surface area contributed by atoms with Crippen molar-refractivity contribution in [2.24, 2.45) is 5.73 Å². The van der Waals surface area contributed by atoms with Crippen LogP contribution in [0.3, 0.4) is 0 Å². The van der Waals surface area contributed by atoms with Gasteiger partial charge in [-0.1, -0.05) is 12.2 Å². The summed E-state index contributed by atoms with van der Waals surface area (Å²) in [5, 5.41) is 3.20. The van der Waals surface area contributed by atoms with Crippen molar-refractivity contribution in [2.75, 3.05) is 18.1 Å². The number of nitrogens with two attached hydrogens (primary N) is 1. The number of hydrogen-bond acceptors (Lipinski definition) is 4. The van der Waals surface area contributed by atoms with Crippen LogP contribution in [0.5, 0.6) is 0 Å². The fraction of sp³-hybridized carbons (Fsp3) is 0.300. The van der Waals surface area contributed by atoms with Gasteiger partial charge in [-0.3, -0.25) is 4.98 Å². The Kier molecular flexibility index (Phi) is 3.11. The molecule has 0 radical (unpaired) electrons. The van der Waals surface area contributed by atoms with Gasteiger partial charge in [0.15, 0.2) is 5.82 Å². The van der Waals surface area contributed by atoms with Crippen molar-refractivity contribution in [3.05, 3.63) is 30.7 Å². The van der Waals surface area contributed by atoms with E-state index in [4.69, 9.17) is 5.73 Å². The largest absolute Gasteiger partial charge is 0.350 e. The number of nitrogens with zero attached hydrogens (tertiary/aromatic N) is 4. The third-order valence-corrected chi connectivity index (χ3v) is 2.29. The number of hydrogen-bond donors (Lipinski definition) is 1. The molecule has 2 amide bonds. The van der Waals surface area contributed by atoms with Gasteiger partial charge in [0.25, 0.3) is 0 Å². The smallest absolute Gasteiger partial charge is 0.335 e. The lowest BCUT2D eigenvalue weighted by atomic mass is 10.3. The average Bonchev–Trinajstić information content (AvgIpc) is 2.31. The van der Waals surface area contributed by atoms with E-state index in [1.54, 1.807) is 6.20 Å². The SMILES string of the molecule is NC(=O)N(c1cnccn1)N1CC=CCC1. The zero-order chi connectivity index (χ0) is 11.4. The summed E-state index contributed by atoms with van der Waals surface area (Å²) in [5.41, 5.74) is 5.35. The van der Waals surface area contributed by atoms with Gasteiger partial charge in [-0.2, -0.15) is 0 Å². The highest BCUT2D eigenvalue weighted by Gasteiger charge is 2.22. The van der Waals surface area contributed by atoms with E-state index in [1.807, 2.05) is 11.1 Å². The molecule has 0 spiro atoms. The second-order valence-corrected chi connectivity index (χ2v) is 3.39. The lowest BCUT2D eigenvalue weighted by molar-refractivity contribution is 0.222. The molecule has 2 N–H and O–H groups in total. The molecule has 1 aliphatic heterocycles. The van der Waals surface area contributed by atoms with E-state index in [0.717, 1.165) is 13.0 Å². The first-order valence-corrected chi connectivity index (χ1v) is 5.04. The van der Waals surface area contributed by atoms with Crippen molar-refractivity contribution < 1.29 is 4.79 Å². The number of urea groups is 1. The van der Waals surface area contributed by atoms with Gasteiger partial charge in [-0.15, -0.1) is 0 Å². The number of aromatic nitrogens is 2. The van der Waals surface area contributed by atoms with Crippen LogP contribution in [0.4, 0.5) is 10.6 Å². The second kappa shape index (κ2) is 4.71. The molecule has 0 atom stereocenters. The van der Waals surface area contributed by atoms with Crippen LogP contribution in [0.25, 0.3) is 0 Å². The Bertz CT molecular complexity index is 391. The van der Waals surface area contributed by atoms with Crippen molar-refractivity contribution >= 4 is 11.8 Å². The van der Waals surface area contributed by atoms with E-state index in [0.29, 0.717) is 12.4 Å². The molecule has 84 valence electrons. The summed E-state index contributed by atoms with van der Waals surface area (Å²) in [6.07, 6.45) is 9.57. The summed E-state index contributed by atoms with van der Waals surface area (Å²) in [5.74, 6) is 0.449. The maximum atomic E-state index is 11.4. The molecular formula is C10H13N5O. The Balaban J connectivity index is 2.24. The van der Waals surface area contributed by atoms with Gasteiger partial charge in [0, 0.05) is 25.5 Å². The van der Waals surface area contributed by atoms with Crippen LogP contribution in [0.15, 0.2) is 30.7 Å². The molecular weight excluding hydrogens is 206 g/mol. The highest BCUT2D eigenvalue weighted by atomic mass is 16.2. The molecule has 0 aromatic carbocycles. The molecule has 0 unspecified atom stereocenters. The highest BCUT2D eigenvalue weighted by Crippen LogP contribution is 2.13. The molecule has 2 rings (SSSR count). The molecule has 0 saturated carbocycles. The zero-order valence-electron chi connectivity index (χ0n) is 8.78. The first kappa shape index (κ1) is 10.6. The first-order valence-electron chi connectivity index (χ1n) is 5.04. The Morgan fingerprint density at radius 2 is 2.31 bits per heavy atom. The molecule has 0 fully saturated rings. The predicted octanol–water partition coefficient (Wildman–Crippen LogP) is 0.539. The van der Waals surface area contributed by atoms with E-state index in [1.165, 1.54) is 17.4 Å². The van der Waals surface area contributed by atoms with Crippen LogP contribution in [0.2, 0.25) is 0 Å². The molecule has 6 nitrogen and oxygen atoms in total. The van der Waals surface area contributed by atoms with Crippen molar-refractivity contribution in [2.45, 2.75) is 6.42 Å². The maximum absolute atomic E-state index is 11.4. The van der Waals surface area contributed by atoms with E-state index in [-0.39, 0.29) is 0 Å². The van der Waals surface area contributed by atoms with Gasteiger partial charge in [-0.25, -0.2) is 19.8 Å². The van der Waals surface area contributed by atoms with Crippen LogP contribution >= 0.6 is 0 Å². The summed E-state index contributed by atoms with van der Waals surface area (Å²) in [4.78, 5) is 19.4. The minimum atomic E-state index is -0.546. The molecule has 0 saturated heterocycles. The molecule has 1 aliphatic rings. The average molecular weight is 219 g/mol. The zero-order valence-corrected chi connectivity index (χ0v) is 8.78. The molecule has 1 aromatic rings. The maximum Gasteiger partial charge on any atom is 0.335 e. The highest BCUT2D eigenvalue weighted by molar-refractivity contribution is 5.88. The van der Waals surface area contributed by atoms with E-state index in [9.17, 15) is 4.79 Å². The Morgan fingerprint density at radius 3 is 2.88 bits per heavy atom. The summed E-state index contributed by atoms with van der Waals surface area (Å²) in [6, 6.07) is -0.546. The van der Waals surface area contributed by atoms with E-state index < -0.39 is 6.03 Å². The van der Waals surface area contributed by atoms with Gasteiger partial charge in [0.1, 0.15) is 0 Å². The van der Waals surface area contributed by atoms with Gasteiger partial charge in [0.05, 0.1) is 6.20 Å². The van der Waals surface area contributed by atoms with Crippen LogP contribution in [-0.4, -0.2) is 34.1 Å². The van der Waals surface area contributed by atoms with Crippen molar-refractivity contribution in [3.8, 4) is 0 Å². The Labute approximate surface area is 93.4 Å². The minimum Gasteiger partial charge on any atom is -0.350 e. The number of amides is 2. The molecule has 16 heavy (non-hydrogen) atoms. The lowest BCUT2D eigenvalue weighted by Crippen LogP contribution is -2.51. The van der Waals surface area contributed by atoms with Crippen LogP contribution in [0.1, 0.15) is 6.42 Å². The van der Waals surface area contributed by atoms with Crippen molar-refractivity contribution in [1.29, 1.82) is 0 Å². The molecule has 6 heteroatoms. The number of hydrazine groups is 1. The summed E-state index contributed by atoms with van der Waals surface area (Å²) in [7, 11) is 0. The van der Waals surface area contributed by atoms with E-state index in [2.05, 4.69) is 16.0 Å². The fourth-order valence-electron chi connectivity index (χ4n) is 1.61. The third-order valence-electron chi connectivity index (χ3n) is 2.29. The van der Waals surface area contributed by atoms with E-state index >= 15 is 0 Å². The number of primary amides is 1. The van der Waals surface area contributed by atoms with Crippen LogP contribution in [-0.2, 0) is 0 Å². The van der Waals surface area contributed by atoms with Gasteiger partial charge >= 0.3 is 6.03 Å². The van der Waals surface area contributed by atoms with Crippen molar-refractivity contribution in [3.63, 3.8) is 0 Å². The van der Waals surface area contributed by atoms with Gasteiger partial charge < -0.3 is 5.73 Å². The van der Waals surface area contributed by atoms with Gasteiger partial charge in [-0.05, 0) is 6.42 Å². The van der Waals surface area contributed by atoms with Crippen molar-refractivity contribution in [1.82, 2.24) is 15.0 Å².